The van der Waals surface area contributed by atoms with Crippen LogP contribution in [0.4, 0.5) is 0 Å². The minimum absolute atomic E-state index is 0.0838. The van der Waals surface area contributed by atoms with Crippen LogP contribution in [0.2, 0.25) is 0 Å². The average Bonchev–Trinajstić information content (AvgIpc) is 2.15. The van der Waals surface area contributed by atoms with Crippen LogP contribution < -0.4 is 0 Å². The molecule has 0 N–H and O–H groups in total. The number of β-lactam (4-membered cyclic amide) rings is 1. The second-order valence-corrected chi connectivity index (χ2v) is 7.35. The predicted octanol–water partition coefficient (Wildman–Crippen LogP) is 2.65. The minimum atomic E-state index is -3.37. The van der Waals surface area contributed by atoms with Gasteiger partial charge in [-0.3, -0.25) is 9.36 Å². The van der Waals surface area contributed by atoms with Gasteiger partial charge in [-0.1, -0.05) is 0 Å². The van der Waals surface area contributed by atoms with Gasteiger partial charge in [0.15, 0.2) is 5.66 Å². The lowest BCUT2D eigenvalue weighted by molar-refractivity contribution is -0.157. The lowest BCUT2D eigenvalue weighted by atomic mass is 9.85. The Morgan fingerprint density at radius 2 is 1.72 bits per heavy atom. The van der Waals surface area contributed by atoms with E-state index >= 15 is 0 Å². The number of carbonyl (C=O) groups excluding carboxylic acids is 1. The van der Waals surface area contributed by atoms with E-state index < -0.39 is 18.8 Å². The fourth-order valence-corrected chi connectivity index (χ4v) is 5.16. The monoisotopic (exact) mass is 277 g/mol. The van der Waals surface area contributed by atoms with Crippen LogP contribution in [-0.2, 0) is 18.4 Å². The maximum atomic E-state index is 12.7. The Bertz CT molecular complexity index is 357. The Balaban J connectivity index is 3.02. The van der Waals surface area contributed by atoms with Gasteiger partial charge in [0.05, 0.1) is 18.8 Å². The van der Waals surface area contributed by atoms with Gasteiger partial charge in [-0.2, -0.15) is 0 Å². The van der Waals surface area contributed by atoms with Crippen molar-refractivity contribution in [2.24, 2.45) is 0 Å². The van der Waals surface area contributed by atoms with Gasteiger partial charge in [-0.05, 0) is 41.5 Å². The van der Waals surface area contributed by atoms with Crippen LogP contribution in [0.15, 0.2) is 0 Å². The summed E-state index contributed by atoms with van der Waals surface area (Å²) >= 11 is 0. The van der Waals surface area contributed by atoms with E-state index in [-0.39, 0.29) is 25.2 Å². The van der Waals surface area contributed by atoms with Crippen molar-refractivity contribution in [3.8, 4) is 0 Å². The number of nitrogens with zero attached hydrogens (tertiary/aromatic N) is 1. The number of carbonyl (C=O) groups is 1. The summed E-state index contributed by atoms with van der Waals surface area (Å²) in [4.78, 5) is 13.9. The normalized spacial score (nSPS) is 23.4. The Labute approximate surface area is 109 Å². The second kappa shape index (κ2) is 5.32. The van der Waals surface area contributed by atoms with Crippen molar-refractivity contribution in [2.45, 2.75) is 58.8 Å². The molecule has 0 aromatic carbocycles. The van der Waals surface area contributed by atoms with Gasteiger partial charge in [0.1, 0.15) is 0 Å². The molecule has 5 nitrogen and oxygen atoms in total. The highest BCUT2D eigenvalue weighted by atomic mass is 31.2. The van der Waals surface area contributed by atoms with Crippen LogP contribution in [0.1, 0.15) is 41.5 Å². The summed E-state index contributed by atoms with van der Waals surface area (Å²) in [6.45, 7) is 11.8. The van der Waals surface area contributed by atoms with Crippen molar-refractivity contribution < 1.29 is 18.4 Å². The molecule has 0 saturated carbocycles. The highest BCUT2D eigenvalue weighted by molar-refractivity contribution is 7.56. The van der Waals surface area contributed by atoms with Gasteiger partial charge in [-0.15, -0.1) is 0 Å². The first-order valence-corrected chi connectivity index (χ1v) is 8.05. The first-order chi connectivity index (χ1) is 8.22. The van der Waals surface area contributed by atoms with E-state index in [9.17, 15) is 9.36 Å². The van der Waals surface area contributed by atoms with E-state index in [4.69, 9.17) is 9.05 Å². The summed E-state index contributed by atoms with van der Waals surface area (Å²) < 4.78 is 23.3. The van der Waals surface area contributed by atoms with Crippen LogP contribution in [0.5, 0.6) is 0 Å². The molecular formula is C12H24NO4P. The molecule has 0 bridgehead atoms. The molecule has 106 valence electrons. The lowest BCUT2D eigenvalue weighted by Crippen LogP contribution is -2.73. The molecule has 0 radical (unpaired) electrons. The fourth-order valence-electron chi connectivity index (χ4n) is 2.77. The fraction of sp³-hybridized carbons (Fsp3) is 0.917. The van der Waals surface area contributed by atoms with E-state index in [2.05, 4.69) is 0 Å². The topological polar surface area (TPSA) is 55.8 Å². The van der Waals surface area contributed by atoms with E-state index in [1.165, 1.54) is 0 Å². The molecule has 6 heteroatoms. The van der Waals surface area contributed by atoms with Gasteiger partial charge in [0.25, 0.3) is 0 Å². The zero-order chi connectivity index (χ0) is 14.1. The lowest BCUT2D eigenvalue weighted by Gasteiger charge is -2.56. The van der Waals surface area contributed by atoms with Gasteiger partial charge >= 0.3 is 7.60 Å². The average molecular weight is 277 g/mol. The molecule has 1 saturated heterocycles. The molecule has 1 aliphatic rings. The Kier molecular flexibility index (Phi) is 4.63. The summed E-state index contributed by atoms with van der Waals surface area (Å²) in [6.07, 6.45) is 0. The third-order valence-electron chi connectivity index (χ3n) is 3.21. The van der Waals surface area contributed by atoms with Crippen LogP contribution >= 0.6 is 7.60 Å². The third-order valence-corrected chi connectivity index (χ3v) is 5.93. The first-order valence-electron chi connectivity index (χ1n) is 6.44. The number of likely N-dealkylation sites (tertiary alicyclic amines) is 1. The third kappa shape index (κ3) is 2.36. The highest BCUT2D eigenvalue weighted by Gasteiger charge is 2.64. The molecule has 1 fully saturated rings. The molecule has 1 aliphatic heterocycles. The van der Waals surface area contributed by atoms with E-state index in [1.54, 1.807) is 18.7 Å². The van der Waals surface area contributed by atoms with Gasteiger partial charge in [-0.25, -0.2) is 0 Å². The molecule has 1 heterocycles. The largest absolute Gasteiger partial charge is 0.345 e. The minimum Gasteiger partial charge on any atom is -0.333 e. The van der Waals surface area contributed by atoms with Crippen molar-refractivity contribution in [1.29, 1.82) is 0 Å². The molecule has 1 amide bonds. The van der Waals surface area contributed by atoms with Crippen LogP contribution in [0, 0.1) is 0 Å². The van der Waals surface area contributed by atoms with Crippen molar-refractivity contribution in [2.75, 3.05) is 13.2 Å². The highest BCUT2D eigenvalue weighted by Crippen LogP contribution is 2.62. The van der Waals surface area contributed by atoms with E-state index in [0.717, 1.165) is 0 Å². The van der Waals surface area contributed by atoms with Crippen molar-refractivity contribution in [3.63, 3.8) is 0 Å². The Hall–Kier alpha value is -0.380. The zero-order valence-electron chi connectivity index (χ0n) is 12.1. The molecule has 0 aromatic rings. The molecule has 1 atom stereocenters. The smallest absolute Gasteiger partial charge is 0.333 e. The summed E-state index contributed by atoms with van der Waals surface area (Å²) in [7, 11) is -3.37. The van der Waals surface area contributed by atoms with Crippen LogP contribution in [0.3, 0.4) is 0 Å². The predicted molar refractivity (Wildman–Crippen MR) is 70.7 cm³/mol. The molecule has 1 unspecified atom stereocenters. The molecular weight excluding hydrogens is 253 g/mol. The van der Waals surface area contributed by atoms with E-state index in [1.807, 2.05) is 27.7 Å². The zero-order valence-corrected chi connectivity index (χ0v) is 13.0. The number of amides is 1. The summed E-state index contributed by atoms with van der Waals surface area (Å²) in [5.74, 6) is -0.139. The molecule has 18 heavy (non-hydrogen) atoms. The van der Waals surface area contributed by atoms with Crippen LogP contribution in [-0.4, -0.2) is 41.3 Å². The Morgan fingerprint density at radius 3 is 2.00 bits per heavy atom. The number of rotatable bonds is 6. The molecule has 0 aromatic heterocycles. The quantitative estimate of drug-likeness (QED) is 0.553. The molecule has 1 rings (SSSR count). The number of hydrogen-bond donors (Lipinski definition) is 0. The van der Waals surface area contributed by atoms with Gasteiger partial charge in [0, 0.05) is 6.04 Å². The maximum absolute atomic E-state index is 12.7. The molecule has 0 spiro atoms. The summed E-state index contributed by atoms with van der Waals surface area (Å²) in [6, 6.07) is 0.0838. The van der Waals surface area contributed by atoms with Crippen LogP contribution in [0.25, 0.3) is 0 Å². The Morgan fingerprint density at radius 1 is 1.28 bits per heavy atom. The van der Waals surface area contributed by atoms with Gasteiger partial charge < -0.3 is 13.9 Å². The van der Waals surface area contributed by atoms with Crippen molar-refractivity contribution in [1.82, 2.24) is 4.90 Å². The first kappa shape index (κ1) is 15.7. The summed E-state index contributed by atoms with van der Waals surface area (Å²) in [5, 5.41) is 0. The maximum Gasteiger partial charge on any atom is 0.345 e. The second-order valence-electron chi connectivity index (χ2n) is 5.23. The SMILES string of the molecule is CCOP(=O)(OCC)C1C(=O)N(C(C)C)C1(C)C. The number of hydrogen-bond acceptors (Lipinski definition) is 4. The standard InChI is InChI=1S/C12H24NO4P/c1-7-16-18(15,17-8-2)10-11(14)13(9(3)4)12(10,5)6/h9-10H,7-8H2,1-6H3. The summed E-state index contributed by atoms with van der Waals surface area (Å²) in [5.41, 5.74) is -1.18. The van der Waals surface area contributed by atoms with Gasteiger partial charge in [0.2, 0.25) is 5.91 Å². The van der Waals surface area contributed by atoms with Crippen molar-refractivity contribution in [3.05, 3.63) is 0 Å². The van der Waals surface area contributed by atoms with Crippen molar-refractivity contribution >= 4 is 13.5 Å². The van der Waals surface area contributed by atoms with E-state index in [0.29, 0.717) is 0 Å². The molecule has 0 aliphatic carbocycles.